The van der Waals surface area contributed by atoms with Gasteiger partial charge >= 0.3 is 0 Å². The molecule has 0 saturated heterocycles. The van der Waals surface area contributed by atoms with Gasteiger partial charge in [-0.15, -0.1) is 0 Å². The van der Waals surface area contributed by atoms with E-state index in [2.05, 4.69) is 15.5 Å². The Hall–Kier alpha value is -3.33. The van der Waals surface area contributed by atoms with Gasteiger partial charge in [-0.3, -0.25) is 24.6 Å². The maximum Gasteiger partial charge on any atom is 0.269 e. The van der Waals surface area contributed by atoms with Gasteiger partial charge in [0.25, 0.3) is 11.6 Å². The van der Waals surface area contributed by atoms with E-state index in [4.69, 9.17) is 12.2 Å². The van der Waals surface area contributed by atoms with E-state index in [0.717, 1.165) is 5.69 Å². The molecular weight excluding hydrogens is 342 g/mol. The summed E-state index contributed by atoms with van der Waals surface area (Å²) in [5.41, 5.74) is 1.09. The first-order valence-corrected chi connectivity index (χ1v) is 7.71. The Morgan fingerprint density at radius 1 is 1.20 bits per heavy atom. The molecular formula is C16H13N5O3S. The first-order valence-electron chi connectivity index (χ1n) is 7.30. The van der Waals surface area contributed by atoms with Crippen LogP contribution in [-0.2, 0) is 6.54 Å². The van der Waals surface area contributed by atoms with Crippen LogP contribution in [0.3, 0.4) is 0 Å². The van der Waals surface area contributed by atoms with Gasteiger partial charge < -0.3 is 5.32 Å². The Balaban J connectivity index is 1.75. The minimum Gasteiger partial charge on any atom is -0.345 e. The third-order valence-corrected chi connectivity index (χ3v) is 3.78. The van der Waals surface area contributed by atoms with Crippen molar-refractivity contribution in [2.24, 2.45) is 0 Å². The summed E-state index contributed by atoms with van der Waals surface area (Å²) in [7, 11) is 0. The summed E-state index contributed by atoms with van der Waals surface area (Å²) in [5.74, 6) is 0.190. The van der Waals surface area contributed by atoms with Crippen molar-refractivity contribution in [3.63, 3.8) is 0 Å². The highest BCUT2D eigenvalue weighted by Gasteiger charge is 2.12. The summed E-state index contributed by atoms with van der Waals surface area (Å²) in [6, 6.07) is 14.8. The second-order valence-corrected chi connectivity index (χ2v) is 5.49. The summed E-state index contributed by atoms with van der Waals surface area (Å²) in [6.07, 6.45) is 0. The van der Waals surface area contributed by atoms with Crippen LogP contribution in [0.2, 0.25) is 0 Å². The van der Waals surface area contributed by atoms with Gasteiger partial charge in [0.1, 0.15) is 0 Å². The molecule has 0 spiro atoms. The molecule has 3 rings (SSSR count). The second-order valence-electron chi connectivity index (χ2n) is 5.10. The molecule has 0 aliphatic heterocycles. The van der Waals surface area contributed by atoms with Gasteiger partial charge in [-0.25, -0.2) is 0 Å². The fourth-order valence-electron chi connectivity index (χ4n) is 2.29. The van der Waals surface area contributed by atoms with E-state index >= 15 is 0 Å². The van der Waals surface area contributed by atoms with Gasteiger partial charge in [-0.05, 0) is 36.5 Å². The quantitative estimate of drug-likeness (QED) is 0.416. The predicted molar refractivity (Wildman–Crippen MR) is 93.0 cm³/mol. The minimum absolute atomic E-state index is 0.0680. The number of nitro benzene ring substituents is 1. The number of H-pyrrole nitrogens is 1. The Morgan fingerprint density at radius 2 is 1.88 bits per heavy atom. The maximum absolute atomic E-state index is 12.2. The smallest absolute Gasteiger partial charge is 0.269 e. The van der Waals surface area contributed by atoms with Crippen molar-refractivity contribution in [3.8, 4) is 5.69 Å². The molecule has 0 unspecified atom stereocenters. The number of rotatable bonds is 5. The highest BCUT2D eigenvalue weighted by atomic mass is 32.1. The number of amides is 1. The average molecular weight is 355 g/mol. The molecule has 0 saturated carbocycles. The number of nitrogens with one attached hydrogen (secondary N) is 2. The third-order valence-electron chi connectivity index (χ3n) is 3.50. The standard InChI is InChI=1S/C16H13N5O3S/c22-15(11-6-8-13(9-7-11)21(23)24)17-10-14-18-19-16(25)20(14)12-4-2-1-3-5-12/h1-9H,10H2,(H,17,22)(H,19,25). The Morgan fingerprint density at radius 3 is 2.52 bits per heavy atom. The Labute approximate surface area is 147 Å². The molecule has 0 atom stereocenters. The molecule has 25 heavy (non-hydrogen) atoms. The van der Waals surface area contributed by atoms with E-state index in [1.807, 2.05) is 30.3 Å². The van der Waals surface area contributed by atoms with Crippen LogP contribution in [-0.4, -0.2) is 25.6 Å². The second kappa shape index (κ2) is 7.05. The minimum atomic E-state index is -0.515. The molecule has 1 amide bonds. The molecule has 8 nitrogen and oxygen atoms in total. The molecule has 2 N–H and O–H groups in total. The fourth-order valence-corrected chi connectivity index (χ4v) is 2.54. The van der Waals surface area contributed by atoms with Crippen LogP contribution in [0, 0.1) is 14.9 Å². The van der Waals surface area contributed by atoms with Crippen LogP contribution in [0.4, 0.5) is 5.69 Å². The van der Waals surface area contributed by atoms with E-state index in [1.165, 1.54) is 24.3 Å². The highest BCUT2D eigenvalue weighted by molar-refractivity contribution is 7.71. The molecule has 0 fully saturated rings. The van der Waals surface area contributed by atoms with Crippen LogP contribution in [0.15, 0.2) is 54.6 Å². The van der Waals surface area contributed by atoms with Crippen LogP contribution in [0.25, 0.3) is 5.69 Å². The normalized spacial score (nSPS) is 10.4. The van der Waals surface area contributed by atoms with Crippen molar-refractivity contribution >= 4 is 23.8 Å². The van der Waals surface area contributed by atoms with E-state index in [-0.39, 0.29) is 18.1 Å². The number of benzene rings is 2. The zero-order chi connectivity index (χ0) is 17.8. The molecule has 9 heteroatoms. The van der Waals surface area contributed by atoms with Gasteiger partial charge in [0.2, 0.25) is 0 Å². The monoisotopic (exact) mass is 355 g/mol. The number of nitro groups is 1. The lowest BCUT2D eigenvalue weighted by molar-refractivity contribution is -0.384. The van der Waals surface area contributed by atoms with Crippen LogP contribution in [0.1, 0.15) is 16.2 Å². The number of nitrogens with zero attached hydrogens (tertiary/aromatic N) is 3. The molecule has 126 valence electrons. The Kier molecular flexibility index (Phi) is 4.66. The lowest BCUT2D eigenvalue weighted by Gasteiger charge is -2.08. The summed E-state index contributed by atoms with van der Waals surface area (Å²) >= 11 is 5.24. The Bertz CT molecular complexity index is 963. The van der Waals surface area contributed by atoms with Crippen LogP contribution in [0.5, 0.6) is 0 Å². The van der Waals surface area contributed by atoms with Crippen molar-refractivity contribution in [1.29, 1.82) is 0 Å². The van der Waals surface area contributed by atoms with E-state index in [0.29, 0.717) is 16.2 Å². The van der Waals surface area contributed by atoms with Crippen molar-refractivity contribution < 1.29 is 9.72 Å². The first-order chi connectivity index (χ1) is 12.1. The molecule has 0 aliphatic carbocycles. The van der Waals surface area contributed by atoms with Gasteiger partial charge in [0.05, 0.1) is 11.5 Å². The van der Waals surface area contributed by atoms with Crippen LogP contribution >= 0.6 is 12.2 Å². The van der Waals surface area contributed by atoms with E-state index < -0.39 is 4.92 Å². The van der Waals surface area contributed by atoms with Gasteiger partial charge in [-0.1, -0.05) is 18.2 Å². The summed E-state index contributed by atoms with van der Waals surface area (Å²) in [5, 5.41) is 20.2. The van der Waals surface area contributed by atoms with Crippen molar-refractivity contribution in [1.82, 2.24) is 20.1 Å². The summed E-state index contributed by atoms with van der Waals surface area (Å²) < 4.78 is 2.15. The van der Waals surface area contributed by atoms with Crippen molar-refractivity contribution in [3.05, 3.63) is 80.9 Å². The SMILES string of the molecule is O=C(NCc1n[nH]c(=S)n1-c1ccccc1)c1ccc([N+](=O)[O-])cc1. The number of hydrogen-bond acceptors (Lipinski definition) is 5. The maximum atomic E-state index is 12.2. The number of aromatic amines is 1. The number of aromatic nitrogens is 3. The number of hydrogen-bond donors (Lipinski definition) is 2. The first kappa shape index (κ1) is 16.5. The summed E-state index contributed by atoms with van der Waals surface area (Å²) in [4.78, 5) is 22.3. The number of non-ortho nitro benzene ring substituents is 1. The fraction of sp³-hybridized carbons (Fsp3) is 0.0625. The highest BCUT2D eigenvalue weighted by Crippen LogP contribution is 2.13. The average Bonchev–Trinajstić information content (AvgIpc) is 3.01. The zero-order valence-electron chi connectivity index (χ0n) is 12.9. The molecule has 3 aromatic rings. The van der Waals surface area contributed by atoms with E-state index in [9.17, 15) is 14.9 Å². The number of carbonyl (C=O) groups excluding carboxylic acids is 1. The third kappa shape index (κ3) is 3.61. The largest absolute Gasteiger partial charge is 0.345 e. The topological polar surface area (TPSA) is 106 Å². The van der Waals surface area contributed by atoms with E-state index in [1.54, 1.807) is 4.57 Å². The summed E-state index contributed by atoms with van der Waals surface area (Å²) in [6.45, 7) is 0.151. The van der Waals surface area contributed by atoms with Gasteiger partial charge in [0.15, 0.2) is 10.6 Å². The number of para-hydroxylation sites is 1. The lowest BCUT2D eigenvalue weighted by atomic mass is 10.2. The molecule has 0 radical (unpaired) electrons. The predicted octanol–water partition coefficient (Wildman–Crippen LogP) is 2.77. The van der Waals surface area contributed by atoms with Crippen molar-refractivity contribution in [2.45, 2.75) is 6.54 Å². The lowest BCUT2D eigenvalue weighted by Crippen LogP contribution is -2.24. The molecule has 0 bridgehead atoms. The zero-order valence-corrected chi connectivity index (χ0v) is 13.7. The van der Waals surface area contributed by atoms with Gasteiger partial charge in [0, 0.05) is 23.4 Å². The molecule has 1 heterocycles. The van der Waals surface area contributed by atoms with Crippen molar-refractivity contribution in [2.75, 3.05) is 0 Å². The number of carbonyl (C=O) groups is 1. The molecule has 2 aromatic carbocycles. The van der Waals surface area contributed by atoms with Crippen LogP contribution < -0.4 is 5.32 Å². The van der Waals surface area contributed by atoms with Gasteiger partial charge in [-0.2, -0.15) is 5.10 Å². The molecule has 1 aromatic heterocycles. The molecule has 0 aliphatic rings.